The van der Waals surface area contributed by atoms with E-state index in [-0.39, 0.29) is 45.1 Å². The fourth-order valence-corrected chi connectivity index (χ4v) is 4.52. The molecule has 12 heteroatoms. The van der Waals surface area contributed by atoms with Gasteiger partial charge in [-0.3, -0.25) is 4.79 Å². The average molecular weight is 502 g/mol. The molecule has 0 spiro atoms. The van der Waals surface area contributed by atoms with Crippen molar-refractivity contribution < 1.29 is 26.4 Å². The summed E-state index contributed by atoms with van der Waals surface area (Å²) in [5.74, 6) is 0.405. The number of hydrogen-bond donors (Lipinski definition) is 3. The monoisotopic (exact) mass is 501 g/mol. The third-order valence-corrected chi connectivity index (χ3v) is 6.69. The zero-order valence-electron chi connectivity index (χ0n) is 18.7. The molecule has 9 nitrogen and oxygen atoms in total. The molecule has 35 heavy (non-hydrogen) atoms. The van der Waals surface area contributed by atoms with E-state index in [1.54, 1.807) is 31.2 Å². The van der Waals surface area contributed by atoms with E-state index in [2.05, 4.69) is 25.6 Å². The van der Waals surface area contributed by atoms with Crippen molar-refractivity contribution in [2.24, 2.45) is 5.92 Å². The smallest absolute Gasteiger partial charge is 0.295 e. The molecular formula is C23H21F2N5O4S. The highest BCUT2D eigenvalue weighted by Crippen LogP contribution is 2.35. The Bertz CT molecular complexity index is 1560. The van der Waals surface area contributed by atoms with E-state index in [1.165, 1.54) is 12.1 Å². The number of nitrogens with one attached hydrogen (secondary N) is 3. The maximum atomic E-state index is 13.3. The average Bonchev–Trinajstić information content (AvgIpc) is 3.41. The lowest BCUT2D eigenvalue weighted by molar-refractivity contribution is -0.117. The summed E-state index contributed by atoms with van der Waals surface area (Å²) in [4.78, 5) is 22.8. The minimum Gasteiger partial charge on any atom is -0.461 e. The molecule has 0 atom stereocenters. The van der Waals surface area contributed by atoms with E-state index >= 15 is 0 Å². The third kappa shape index (κ3) is 4.74. The van der Waals surface area contributed by atoms with Crippen LogP contribution in [0.1, 0.15) is 30.9 Å². The molecule has 0 saturated heterocycles. The number of rotatable bonds is 7. The van der Waals surface area contributed by atoms with Crippen molar-refractivity contribution in [1.29, 1.82) is 0 Å². The van der Waals surface area contributed by atoms with Gasteiger partial charge in [0.15, 0.2) is 21.3 Å². The number of carbonyl (C=O) groups is 1. The largest absolute Gasteiger partial charge is 0.461 e. The summed E-state index contributed by atoms with van der Waals surface area (Å²) in [6, 6.07) is 9.65. The second-order valence-electron chi connectivity index (χ2n) is 8.46. The van der Waals surface area contributed by atoms with Crippen molar-refractivity contribution in [1.82, 2.24) is 15.0 Å². The molecule has 3 N–H and O–H groups in total. The normalized spacial score (nSPS) is 14.0. The second-order valence-corrected chi connectivity index (χ2v) is 10.4. The number of anilines is 3. The predicted molar refractivity (Wildman–Crippen MR) is 125 cm³/mol. The molecule has 4 aromatic rings. The molecule has 0 unspecified atom stereocenters. The molecule has 1 aliphatic rings. The van der Waals surface area contributed by atoms with Crippen LogP contribution in [0, 0.1) is 12.8 Å². The number of halogens is 2. The summed E-state index contributed by atoms with van der Waals surface area (Å²) >= 11 is 0. The SMILES string of the molecule is Cc1ccc(-c2ccc(Nc3cc(NC(=O)C4CC4)nc4[nH]c(C(F)F)nc34)c(S(C)(=O)=O)c2)o1. The van der Waals surface area contributed by atoms with Gasteiger partial charge < -0.3 is 20.0 Å². The fourth-order valence-electron chi connectivity index (χ4n) is 3.67. The van der Waals surface area contributed by atoms with Gasteiger partial charge in [-0.1, -0.05) is 0 Å². The summed E-state index contributed by atoms with van der Waals surface area (Å²) in [6.45, 7) is 1.78. The Morgan fingerprint density at radius 1 is 1.14 bits per heavy atom. The Balaban J connectivity index is 1.59. The van der Waals surface area contributed by atoms with Gasteiger partial charge in [-0.15, -0.1) is 0 Å². The van der Waals surface area contributed by atoms with Gasteiger partial charge >= 0.3 is 0 Å². The van der Waals surface area contributed by atoms with E-state index in [4.69, 9.17) is 4.42 Å². The number of nitrogens with zero attached hydrogens (tertiary/aromatic N) is 2. The zero-order valence-corrected chi connectivity index (χ0v) is 19.5. The number of imidazole rings is 1. The summed E-state index contributed by atoms with van der Waals surface area (Å²) in [5, 5.41) is 5.67. The number of sulfone groups is 1. The Morgan fingerprint density at radius 3 is 2.54 bits per heavy atom. The Labute approximate surface area is 198 Å². The van der Waals surface area contributed by atoms with Gasteiger partial charge in [-0.2, -0.15) is 0 Å². The number of benzene rings is 1. The van der Waals surface area contributed by atoms with Gasteiger partial charge in [0.05, 0.1) is 16.3 Å². The number of pyridine rings is 1. The van der Waals surface area contributed by atoms with Crippen LogP contribution in [0.5, 0.6) is 0 Å². The van der Waals surface area contributed by atoms with Crippen LogP contribution in [0.15, 0.2) is 45.7 Å². The van der Waals surface area contributed by atoms with Gasteiger partial charge in [-0.25, -0.2) is 27.2 Å². The maximum Gasteiger partial charge on any atom is 0.295 e. The first kappa shape index (κ1) is 23.0. The molecule has 3 heterocycles. The lowest BCUT2D eigenvalue weighted by Gasteiger charge is -2.14. The van der Waals surface area contributed by atoms with Crippen molar-refractivity contribution in [2.45, 2.75) is 31.1 Å². The summed E-state index contributed by atoms with van der Waals surface area (Å²) in [7, 11) is -3.71. The molecule has 182 valence electrons. The van der Waals surface area contributed by atoms with Gasteiger partial charge in [-0.05, 0) is 50.1 Å². The molecule has 0 aliphatic heterocycles. The highest BCUT2D eigenvalue weighted by molar-refractivity contribution is 7.90. The van der Waals surface area contributed by atoms with Crippen LogP contribution >= 0.6 is 0 Å². The molecule has 1 aromatic carbocycles. The number of fused-ring (bicyclic) bond motifs is 1. The Hall–Kier alpha value is -3.80. The van der Waals surface area contributed by atoms with E-state index in [1.807, 2.05) is 0 Å². The van der Waals surface area contributed by atoms with Crippen LogP contribution in [0.4, 0.5) is 26.0 Å². The van der Waals surface area contributed by atoms with Crippen molar-refractivity contribution in [3.63, 3.8) is 0 Å². The fraction of sp³-hybridized carbons (Fsp3) is 0.261. The van der Waals surface area contributed by atoms with Crippen LogP contribution in [0.2, 0.25) is 0 Å². The molecule has 1 saturated carbocycles. The first-order chi connectivity index (χ1) is 16.6. The Morgan fingerprint density at radius 2 is 1.91 bits per heavy atom. The van der Waals surface area contributed by atoms with Crippen LogP contribution in [0.3, 0.4) is 0 Å². The van der Waals surface area contributed by atoms with E-state index in [9.17, 15) is 22.0 Å². The first-order valence-electron chi connectivity index (χ1n) is 10.8. The van der Waals surface area contributed by atoms with Crippen LogP contribution < -0.4 is 10.6 Å². The van der Waals surface area contributed by atoms with Crippen molar-refractivity contribution in [3.8, 4) is 11.3 Å². The summed E-state index contributed by atoms with van der Waals surface area (Å²) in [6.07, 6.45) is -0.252. The second kappa shape index (κ2) is 8.45. The molecular weight excluding hydrogens is 480 g/mol. The topological polar surface area (TPSA) is 130 Å². The van der Waals surface area contributed by atoms with Gasteiger partial charge in [0.1, 0.15) is 22.9 Å². The molecule has 0 bridgehead atoms. The molecule has 1 aliphatic carbocycles. The number of aromatic amines is 1. The Kier molecular flexibility index (Phi) is 5.55. The third-order valence-electron chi connectivity index (χ3n) is 5.55. The molecule has 3 aromatic heterocycles. The van der Waals surface area contributed by atoms with Gasteiger partial charge in [0.2, 0.25) is 5.91 Å². The van der Waals surface area contributed by atoms with Crippen LogP contribution in [0.25, 0.3) is 22.5 Å². The lowest BCUT2D eigenvalue weighted by Crippen LogP contribution is -2.14. The summed E-state index contributed by atoms with van der Waals surface area (Å²) < 4.78 is 57.5. The molecule has 1 amide bonds. The minimum atomic E-state index is -3.71. The summed E-state index contributed by atoms with van der Waals surface area (Å²) in [5.41, 5.74) is 1.07. The van der Waals surface area contributed by atoms with E-state index in [0.29, 0.717) is 17.1 Å². The number of H-pyrrole nitrogens is 1. The number of aryl methyl sites for hydroxylation is 1. The number of hydrogen-bond acceptors (Lipinski definition) is 7. The van der Waals surface area contributed by atoms with Crippen LogP contribution in [-0.4, -0.2) is 35.5 Å². The number of carbonyl (C=O) groups excluding carboxylic acids is 1. The quantitative estimate of drug-likeness (QED) is 0.326. The molecule has 5 rings (SSSR count). The van der Waals surface area contributed by atoms with Gasteiger partial charge in [0.25, 0.3) is 6.43 Å². The van der Waals surface area contributed by atoms with Crippen molar-refractivity contribution in [2.75, 3.05) is 16.9 Å². The number of alkyl halides is 2. The lowest BCUT2D eigenvalue weighted by atomic mass is 10.1. The highest BCUT2D eigenvalue weighted by Gasteiger charge is 2.30. The maximum absolute atomic E-state index is 13.3. The van der Waals surface area contributed by atoms with Crippen LogP contribution in [-0.2, 0) is 14.6 Å². The van der Waals surface area contributed by atoms with Crippen molar-refractivity contribution >= 4 is 44.1 Å². The molecule has 1 fully saturated rings. The van der Waals surface area contributed by atoms with E-state index in [0.717, 1.165) is 19.1 Å². The standard InChI is InChI=1S/C23H21F2N5O4S/c1-11-3-8-16(34-11)13-6-7-14(17(9-13)35(2,32)33)26-15-10-18(28-23(31)12-4-5-12)27-21-19(15)29-22(30-21)20(24)25/h3,6-10,12,20H,4-5H2,1-2H3,(H3,26,27,28,29,30,31). The predicted octanol–water partition coefficient (Wildman–Crippen LogP) is 4.96. The minimum absolute atomic E-state index is 0.0257. The number of furan rings is 1. The number of amides is 1. The highest BCUT2D eigenvalue weighted by atomic mass is 32.2. The number of aromatic nitrogens is 3. The van der Waals surface area contributed by atoms with Gasteiger partial charge in [0, 0.05) is 23.8 Å². The van der Waals surface area contributed by atoms with E-state index < -0.39 is 22.1 Å². The van der Waals surface area contributed by atoms with Crippen molar-refractivity contribution in [3.05, 3.63) is 48.0 Å². The zero-order chi connectivity index (χ0) is 24.9. The molecule has 0 radical (unpaired) electrons. The first-order valence-corrected chi connectivity index (χ1v) is 12.7.